The number of benzene rings is 10. The van der Waals surface area contributed by atoms with Crippen LogP contribution in [-0.2, 0) is 0 Å². The summed E-state index contributed by atoms with van der Waals surface area (Å²) in [6, 6.07) is 68.0. The van der Waals surface area contributed by atoms with Crippen molar-refractivity contribution in [3.05, 3.63) is 193 Å². The summed E-state index contributed by atoms with van der Waals surface area (Å²) >= 11 is 0.177. The zero-order chi connectivity index (χ0) is 36.6. The summed E-state index contributed by atoms with van der Waals surface area (Å²) in [5, 5.41) is 13.2. The van der Waals surface area contributed by atoms with Crippen LogP contribution in [0, 0.1) is 13.8 Å². The van der Waals surface area contributed by atoms with E-state index >= 15 is 0 Å². The predicted molar refractivity (Wildman–Crippen MR) is 240 cm³/mol. The Morgan fingerprint density at radius 1 is 0.291 bits per heavy atom. The standard InChI is InChI=1S/C54H36Se/c1-33-16-14-17-34(2)49(33)54-43-26-12-10-24-41(43)52(42-25-11-13-27-44(42)54)46-28-15-29-47-53(46)45-31-30-36(32-48(45)55-47)51-39-22-8-6-20-37(39)50(35-18-4-3-5-19-35)38-21-7-9-23-40(38)51/h3-32H,1-2H3. The Morgan fingerprint density at radius 2 is 0.745 bits per heavy atom. The van der Waals surface area contributed by atoms with Gasteiger partial charge < -0.3 is 0 Å². The Balaban J connectivity index is 1.18. The zero-order valence-electron chi connectivity index (χ0n) is 30.7. The minimum absolute atomic E-state index is 0.177. The molecule has 258 valence electrons. The molecule has 0 N–H and O–H groups in total. The third kappa shape index (κ3) is 4.91. The van der Waals surface area contributed by atoms with Crippen molar-refractivity contribution in [2.45, 2.75) is 13.8 Å². The van der Waals surface area contributed by atoms with Crippen LogP contribution in [-0.4, -0.2) is 14.5 Å². The Kier molecular flexibility index (Phi) is 7.42. The van der Waals surface area contributed by atoms with Gasteiger partial charge in [0.05, 0.1) is 0 Å². The fraction of sp³-hybridized carbons (Fsp3) is 0.0370. The average Bonchev–Trinajstić information content (AvgIpc) is 3.61. The van der Waals surface area contributed by atoms with Crippen molar-refractivity contribution < 1.29 is 0 Å². The normalized spacial score (nSPS) is 11.8. The van der Waals surface area contributed by atoms with E-state index in [0.717, 1.165) is 0 Å². The van der Waals surface area contributed by atoms with Crippen LogP contribution in [0.25, 0.3) is 107 Å². The van der Waals surface area contributed by atoms with Gasteiger partial charge in [0.1, 0.15) is 0 Å². The Morgan fingerprint density at radius 3 is 1.29 bits per heavy atom. The van der Waals surface area contributed by atoms with Gasteiger partial charge in [-0.3, -0.25) is 0 Å². The fourth-order valence-corrected chi connectivity index (χ4v) is 11.9. The van der Waals surface area contributed by atoms with E-state index in [1.54, 1.807) is 0 Å². The summed E-state index contributed by atoms with van der Waals surface area (Å²) in [6.45, 7) is 4.50. The number of rotatable bonds is 4. The van der Waals surface area contributed by atoms with Crippen LogP contribution in [0.3, 0.4) is 0 Å². The van der Waals surface area contributed by atoms with Gasteiger partial charge in [-0.1, -0.05) is 0 Å². The topological polar surface area (TPSA) is 0 Å². The monoisotopic (exact) mass is 764 g/mol. The van der Waals surface area contributed by atoms with Gasteiger partial charge in [-0.25, -0.2) is 0 Å². The van der Waals surface area contributed by atoms with Crippen molar-refractivity contribution in [2.75, 3.05) is 0 Å². The molecule has 0 saturated heterocycles. The minimum atomic E-state index is 0.177. The van der Waals surface area contributed by atoms with Crippen LogP contribution in [0.15, 0.2) is 182 Å². The summed E-state index contributed by atoms with van der Waals surface area (Å²) in [7, 11) is 0. The van der Waals surface area contributed by atoms with Gasteiger partial charge in [-0.15, -0.1) is 0 Å². The van der Waals surface area contributed by atoms with Gasteiger partial charge in [0.15, 0.2) is 0 Å². The third-order valence-electron chi connectivity index (χ3n) is 11.7. The summed E-state index contributed by atoms with van der Waals surface area (Å²) < 4.78 is 2.91. The van der Waals surface area contributed by atoms with Gasteiger partial charge in [-0.2, -0.15) is 0 Å². The molecule has 1 heterocycles. The molecule has 0 spiro atoms. The molecule has 0 unspecified atom stereocenters. The quantitative estimate of drug-likeness (QED) is 0.124. The van der Waals surface area contributed by atoms with Crippen molar-refractivity contribution >= 4 is 76.9 Å². The van der Waals surface area contributed by atoms with E-state index in [-0.39, 0.29) is 14.5 Å². The molecule has 0 atom stereocenters. The van der Waals surface area contributed by atoms with Crippen LogP contribution in [0.5, 0.6) is 0 Å². The first-order valence-corrected chi connectivity index (χ1v) is 20.8. The second-order valence-corrected chi connectivity index (χ2v) is 17.1. The summed E-state index contributed by atoms with van der Waals surface area (Å²) in [6.07, 6.45) is 0. The second-order valence-electron chi connectivity index (χ2n) is 14.8. The van der Waals surface area contributed by atoms with E-state index in [1.807, 2.05) is 0 Å². The molecule has 0 radical (unpaired) electrons. The molecular weight excluding hydrogens is 728 g/mol. The maximum atomic E-state index is 2.51. The van der Waals surface area contributed by atoms with E-state index in [9.17, 15) is 0 Å². The van der Waals surface area contributed by atoms with E-state index in [4.69, 9.17) is 0 Å². The van der Waals surface area contributed by atoms with E-state index < -0.39 is 0 Å². The van der Waals surface area contributed by atoms with Gasteiger partial charge in [-0.05, 0) is 0 Å². The van der Waals surface area contributed by atoms with E-state index in [1.165, 1.54) is 118 Å². The Labute approximate surface area is 326 Å². The molecule has 1 heteroatoms. The molecule has 0 aliphatic carbocycles. The number of hydrogen-bond acceptors (Lipinski definition) is 0. The van der Waals surface area contributed by atoms with Crippen molar-refractivity contribution in [3.8, 4) is 44.5 Å². The first-order chi connectivity index (χ1) is 27.2. The van der Waals surface area contributed by atoms with Crippen molar-refractivity contribution in [1.29, 1.82) is 0 Å². The van der Waals surface area contributed by atoms with E-state index in [2.05, 4.69) is 196 Å². The molecule has 1 aromatic heterocycles. The number of hydrogen-bond donors (Lipinski definition) is 0. The van der Waals surface area contributed by atoms with Gasteiger partial charge in [0.25, 0.3) is 0 Å². The fourth-order valence-electron chi connectivity index (χ4n) is 9.44. The second kappa shape index (κ2) is 12.7. The van der Waals surface area contributed by atoms with Gasteiger partial charge in [0, 0.05) is 0 Å². The maximum absolute atomic E-state index is 2.51. The molecule has 0 fully saturated rings. The molecule has 10 aromatic carbocycles. The van der Waals surface area contributed by atoms with Crippen LogP contribution < -0.4 is 0 Å². The zero-order valence-corrected chi connectivity index (χ0v) is 32.4. The van der Waals surface area contributed by atoms with Crippen molar-refractivity contribution in [2.24, 2.45) is 0 Å². The first-order valence-electron chi connectivity index (χ1n) is 19.1. The van der Waals surface area contributed by atoms with Crippen LogP contribution in [0.1, 0.15) is 11.1 Å². The SMILES string of the molecule is Cc1cccc(C)c1-c1c2ccccc2c(-c2cccc3[se]c4cc(-c5c6ccccc6c(-c6ccccc6)c6ccccc56)ccc4c23)c2ccccc12. The molecule has 0 saturated carbocycles. The Hall–Kier alpha value is -6.24. The van der Waals surface area contributed by atoms with Crippen molar-refractivity contribution in [3.63, 3.8) is 0 Å². The molecular formula is C54H36Se. The average molecular weight is 764 g/mol. The molecule has 0 amide bonds. The summed E-state index contributed by atoms with van der Waals surface area (Å²) in [5.41, 5.74) is 13.1. The van der Waals surface area contributed by atoms with E-state index in [0.29, 0.717) is 0 Å². The van der Waals surface area contributed by atoms with Crippen LogP contribution in [0.2, 0.25) is 0 Å². The van der Waals surface area contributed by atoms with Crippen LogP contribution >= 0.6 is 0 Å². The molecule has 0 bridgehead atoms. The molecule has 0 aliphatic heterocycles. The first kappa shape index (κ1) is 32.2. The number of fused-ring (bicyclic) bond motifs is 7. The summed E-state index contributed by atoms with van der Waals surface area (Å²) in [5.74, 6) is 0. The number of aryl methyl sites for hydroxylation is 2. The molecule has 11 aromatic rings. The third-order valence-corrected chi connectivity index (χ3v) is 14.1. The Bertz CT molecular complexity index is 3190. The van der Waals surface area contributed by atoms with Gasteiger partial charge in [0.2, 0.25) is 0 Å². The van der Waals surface area contributed by atoms with Crippen molar-refractivity contribution in [1.82, 2.24) is 0 Å². The van der Waals surface area contributed by atoms with Gasteiger partial charge >= 0.3 is 328 Å². The van der Waals surface area contributed by atoms with Crippen LogP contribution in [0.4, 0.5) is 0 Å². The molecule has 55 heavy (non-hydrogen) atoms. The molecule has 0 aliphatic rings. The predicted octanol–water partition coefficient (Wildman–Crippen LogP) is 14.9. The molecule has 11 rings (SSSR count). The molecule has 0 nitrogen and oxygen atoms in total. The summed E-state index contributed by atoms with van der Waals surface area (Å²) in [4.78, 5) is 0.